The Balaban J connectivity index is 1.56. The van der Waals surface area contributed by atoms with Crippen molar-refractivity contribution in [2.24, 2.45) is 0 Å². The Kier molecular flexibility index (Phi) is 7.14. The number of carbonyl (C=O) groups is 1. The van der Waals surface area contributed by atoms with Crippen molar-refractivity contribution in [2.75, 3.05) is 32.9 Å². The third-order valence-electron chi connectivity index (χ3n) is 5.27. The zero-order valence-electron chi connectivity index (χ0n) is 19.2. The molecule has 0 radical (unpaired) electrons. The second-order valence-corrected chi connectivity index (χ2v) is 7.69. The van der Waals surface area contributed by atoms with Crippen LogP contribution in [-0.4, -0.2) is 57.7 Å². The number of amides is 1. The fourth-order valence-electron chi connectivity index (χ4n) is 3.45. The van der Waals surface area contributed by atoms with Crippen molar-refractivity contribution in [3.05, 3.63) is 73.1 Å². The van der Waals surface area contributed by atoms with E-state index in [1.807, 2.05) is 61.6 Å². The molecule has 0 aliphatic heterocycles. The van der Waals surface area contributed by atoms with Gasteiger partial charge in [-0.15, -0.1) is 0 Å². The SMILES string of the molecule is CNC/C=C/C(=O)N(C)CCn1nc(-c2ccc(Oc3ccccc3)cc2)c2c(N)ncnc21. The average Bonchev–Trinajstić information content (AvgIpc) is 3.23. The van der Waals surface area contributed by atoms with E-state index in [0.717, 1.165) is 17.1 Å². The molecule has 2 aromatic carbocycles. The zero-order valence-corrected chi connectivity index (χ0v) is 19.2. The molecule has 0 unspecified atom stereocenters. The van der Waals surface area contributed by atoms with Gasteiger partial charge in [-0.1, -0.05) is 24.3 Å². The quantitative estimate of drug-likeness (QED) is 0.372. The lowest BCUT2D eigenvalue weighted by molar-refractivity contribution is -0.124. The molecular formula is C25H27N7O2. The molecule has 0 saturated heterocycles. The lowest BCUT2D eigenvalue weighted by Gasteiger charge is -2.15. The van der Waals surface area contributed by atoms with Gasteiger partial charge in [-0.3, -0.25) is 4.79 Å². The minimum atomic E-state index is -0.0740. The summed E-state index contributed by atoms with van der Waals surface area (Å²) in [5.74, 6) is 1.77. The smallest absolute Gasteiger partial charge is 0.246 e. The van der Waals surface area contributed by atoms with E-state index in [9.17, 15) is 4.79 Å². The number of aromatic nitrogens is 4. The van der Waals surface area contributed by atoms with Gasteiger partial charge in [-0.05, 0) is 43.4 Å². The molecule has 9 nitrogen and oxygen atoms in total. The molecule has 9 heteroatoms. The lowest BCUT2D eigenvalue weighted by atomic mass is 10.1. The highest BCUT2D eigenvalue weighted by atomic mass is 16.5. The molecule has 2 aromatic heterocycles. The number of nitrogens with zero attached hydrogens (tertiary/aromatic N) is 5. The van der Waals surface area contributed by atoms with Crippen LogP contribution in [0.1, 0.15) is 0 Å². The van der Waals surface area contributed by atoms with Crippen LogP contribution in [-0.2, 0) is 11.3 Å². The molecule has 0 spiro atoms. The number of fused-ring (bicyclic) bond motifs is 1. The summed E-state index contributed by atoms with van der Waals surface area (Å²) in [6, 6.07) is 17.2. The fraction of sp³-hybridized carbons (Fsp3) is 0.200. The number of hydrogen-bond donors (Lipinski definition) is 2. The van der Waals surface area contributed by atoms with Crippen LogP contribution in [0, 0.1) is 0 Å². The number of benzene rings is 2. The van der Waals surface area contributed by atoms with Crippen molar-refractivity contribution in [1.82, 2.24) is 30.0 Å². The number of anilines is 1. The summed E-state index contributed by atoms with van der Waals surface area (Å²) in [5.41, 5.74) is 8.38. The minimum Gasteiger partial charge on any atom is -0.457 e. The maximum atomic E-state index is 12.3. The topological polar surface area (TPSA) is 111 Å². The Morgan fingerprint density at radius 2 is 1.85 bits per heavy atom. The maximum absolute atomic E-state index is 12.3. The van der Waals surface area contributed by atoms with Gasteiger partial charge in [0.15, 0.2) is 5.65 Å². The number of para-hydroxylation sites is 1. The van der Waals surface area contributed by atoms with E-state index in [-0.39, 0.29) is 5.91 Å². The second-order valence-electron chi connectivity index (χ2n) is 7.69. The lowest BCUT2D eigenvalue weighted by Crippen LogP contribution is -2.29. The van der Waals surface area contributed by atoms with E-state index in [1.165, 1.54) is 6.33 Å². The molecule has 3 N–H and O–H groups in total. The highest BCUT2D eigenvalue weighted by Crippen LogP contribution is 2.31. The molecule has 0 aliphatic rings. The van der Waals surface area contributed by atoms with Crippen molar-refractivity contribution >= 4 is 22.8 Å². The van der Waals surface area contributed by atoms with Crippen LogP contribution in [0.3, 0.4) is 0 Å². The molecule has 4 aromatic rings. The Hall–Kier alpha value is -4.24. The molecule has 4 rings (SSSR count). The van der Waals surface area contributed by atoms with Gasteiger partial charge < -0.3 is 20.7 Å². The Bertz CT molecular complexity index is 1280. The maximum Gasteiger partial charge on any atom is 0.246 e. The summed E-state index contributed by atoms with van der Waals surface area (Å²) in [6.07, 6.45) is 4.77. The molecule has 0 saturated carbocycles. The van der Waals surface area contributed by atoms with Crippen LogP contribution in [0.5, 0.6) is 11.5 Å². The highest BCUT2D eigenvalue weighted by Gasteiger charge is 2.18. The second kappa shape index (κ2) is 10.6. The standard InChI is InChI=1S/C25H27N7O2/c1-27-14-6-9-21(33)31(2)15-16-32-25-22(24(26)28-17-29-25)23(30-32)18-10-12-20(13-11-18)34-19-7-4-3-5-8-19/h3-13,17,27H,14-16H2,1-2H3,(H2,26,28,29)/b9-6+. The van der Waals surface area contributed by atoms with Crippen LogP contribution >= 0.6 is 0 Å². The molecular weight excluding hydrogens is 430 g/mol. The number of nitrogens with two attached hydrogens (primary N) is 1. The predicted molar refractivity (Wildman–Crippen MR) is 132 cm³/mol. The average molecular weight is 458 g/mol. The van der Waals surface area contributed by atoms with Gasteiger partial charge in [0.1, 0.15) is 29.3 Å². The van der Waals surface area contributed by atoms with Crippen molar-refractivity contribution in [1.29, 1.82) is 0 Å². The Labute approximate surface area is 197 Å². The first kappa shape index (κ1) is 22.9. The molecule has 174 valence electrons. The third kappa shape index (κ3) is 5.21. The summed E-state index contributed by atoms with van der Waals surface area (Å²) in [6.45, 7) is 1.56. The fourth-order valence-corrected chi connectivity index (χ4v) is 3.45. The summed E-state index contributed by atoms with van der Waals surface area (Å²) in [7, 11) is 3.59. The number of hydrogen-bond acceptors (Lipinski definition) is 7. The summed E-state index contributed by atoms with van der Waals surface area (Å²) < 4.78 is 7.65. The first-order valence-electron chi connectivity index (χ1n) is 10.9. The predicted octanol–water partition coefficient (Wildman–Crippen LogP) is 3.10. The molecule has 1 amide bonds. The van der Waals surface area contributed by atoms with Crippen LogP contribution in [0.25, 0.3) is 22.3 Å². The zero-order chi connectivity index (χ0) is 23.9. The van der Waals surface area contributed by atoms with Gasteiger partial charge >= 0.3 is 0 Å². The number of nitrogen functional groups attached to an aromatic ring is 1. The Morgan fingerprint density at radius 3 is 2.59 bits per heavy atom. The monoisotopic (exact) mass is 457 g/mol. The minimum absolute atomic E-state index is 0.0740. The van der Waals surface area contributed by atoms with Gasteiger partial charge in [-0.25, -0.2) is 14.6 Å². The van der Waals surface area contributed by atoms with Gasteiger partial charge in [-0.2, -0.15) is 5.10 Å². The number of ether oxygens (including phenoxy) is 1. The van der Waals surface area contributed by atoms with E-state index in [4.69, 9.17) is 15.6 Å². The number of carbonyl (C=O) groups excluding carboxylic acids is 1. The highest BCUT2D eigenvalue weighted by molar-refractivity contribution is 5.98. The summed E-state index contributed by atoms with van der Waals surface area (Å²) in [5, 5.41) is 8.42. The van der Waals surface area contributed by atoms with E-state index < -0.39 is 0 Å². The van der Waals surface area contributed by atoms with Crippen molar-refractivity contribution in [3.63, 3.8) is 0 Å². The molecule has 0 bridgehead atoms. The summed E-state index contributed by atoms with van der Waals surface area (Å²) in [4.78, 5) is 22.5. The molecule has 34 heavy (non-hydrogen) atoms. The van der Waals surface area contributed by atoms with E-state index in [2.05, 4.69) is 15.3 Å². The molecule has 2 heterocycles. The van der Waals surface area contributed by atoms with E-state index in [0.29, 0.717) is 42.2 Å². The number of rotatable bonds is 9. The van der Waals surface area contributed by atoms with Gasteiger partial charge in [0, 0.05) is 31.8 Å². The van der Waals surface area contributed by atoms with E-state index in [1.54, 1.807) is 28.8 Å². The molecule has 0 aliphatic carbocycles. The van der Waals surface area contributed by atoms with Crippen molar-refractivity contribution < 1.29 is 9.53 Å². The van der Waals surface area contributed by atoms with Crippen LogP contribution in [0.4, 0.5) is 5.82 Å². The number of nitrogens with one attached hydrogen (secondary N) is 1. The van der Waals surface area contributed by atoms with Crippen LogP contribution < -0.4 is 15.8 Å². The molecule has 0 atom stereocenters. The van der Waals surface area contributed by atoms with Crippen molar-refractivity contribution in [3.8, 4) is 22.8 Å². The number of likely N-dealkylation sites (N-methyl/N-ethyl adjacent to an activating group) is 2. The van der Waals surface area contributed by atoms with E-state index >= 15 is 0 Å². The first-order valence-corrected chi connectivity index (χ1v) is 10.9. The van der Waals surface area contributed by atoms with Crippen molar-refractivity contribution in [2.45, 2.75) is 6.54 Å². The van der Waals surface area contributed by atoms with Gasteiger partial charge in [0.2, 0.25) is 5.91 Å². The summed E-state index contributed by atoms with van der Waals surface area (Å²) >= 11 is 0. The normalized spacial score (nSPS) is 11.2. The van der Waals surface area contributed by atoms with Gasteiger partial charge in [0.25, 0.3) is 0 Å². The molecule has 0 fully saturated rings. The van der Waals surface area contributed by atoms with Crippen LogP contribution in [0.15, 0.2) is 73.1 Å². The third-order valence-corrected chi connectivity index (χ3v) is 5.27. The largest absolute Gasteiger partial charge is 0.457 e. The Morgan fingerprint density at radius 1 is 1.12 bits per heavy atom. The van der Waals surface area contributed by atoms with Gasteiger partial charge in [0.05, 0.1) is 11.9 Å². The first-order chi connectivity index (χ1) is 16.6. The van der Waals surface area contributed by atoms with Crippen LogP contribution in [0.2, 0.25) is 0 Å².